The monoisotopic (exact) mass is 433 g/mol. The number of amides is 2. The Morgan fingerprint density at radius 1 is 1.07 bits per heavy atom. The van der Waals surface area contributed by atoms with Crippen LogP contribution in [0.2, 0.25) is 5.02 Å². The molecule has 6 nitrogen and oxygen atoms in total. The van der Waals surface area contributed by atoms with Gasteiger partial charge < -0.3 is 15.0 Å². The Morgan fingerprint density at radius 2 is 1.79 bits per heavy atom. The Kier molecular flexibility index (Phi) is 6.37. The number of halogens is 1. The van der Waals surface area contributed by atoms with Crippen LogP contribution in [0.1, 0.15) is 22.5 Å². The van der Waals surface area contributed by atoms with Crippen LogP contribution < -0.4 is 10.1 Å². The number of thiophene rings is 1. The lowest BCUT2D eigenvalue weighted by atomic mass is 10.3. The van der Waals surface area contributed by atoms with Crippen molar-refractivity contribution in [3.05, 3.63) is 46.3 Å². The summed E-state index contributed by atoms with van der Waals surface area (Å²) in [5.74, 6) is 1.08. The number of carbonyl (C=O) groups excluding carboxylic acids is 2. The first-order valence-corrected chi connectivity index (χ1v) is 11.1. The van der Waals surface area contributed by atoms with Crippen LogP contribution in [-0.2, 0) is 4.79 Å². The second-order valence-corrected chi connectivity index (χ2v) is 8.88. The molecule has 1 saturated heterocycles. The van der Waals surface area contributed by atoms with Crippen LogP contribution in [0.15, 0.2) is 36.4 Å². The zero-order valence-corrected chi connectivity index (χ0v) is 17.7. The lowest BCUT2D eigenvalue weighted by Gasteiger charge is -2.34. The van der Waals surface area contributed by atoms with Gasteiger partial charge in [-0.2, -0.15) is 0 Å². The van der Waals surface area contributed by atoms with E-state index in [1.165, 1.54) is 11.3 Å². The molecule has 1 aromatic heterocycles. The molecule has 1 aromatic carbocycles. The number of hydrogen-bond acceptors (Lipinski definition) is 5. The fraction of sp³-hybridized carbons (Fsp3) is 0.429. The average molecular weight is 434 g/mol. The molecule has 0 radical (unpaired) electrons. The molecule has 29 heavy (non-hydrogen) atoms. The van der Waals surface area contributed by atoms with E-state index in [4.69, 9.17) is 16.3 Å². The average Bonchev–Trinajstić information content (AvgIpc) is 3.49. The third-order valence-electron chi connectivity index (χ3n) is 5.16. The summed E-state index contributed by atoms with van der Waals surface area (Å²) in [7, 11) is 0. The van der Waals surface area contributed by atoms with Crippen molar-refractivity contribution >= 4 is 39.8 Å². The van der Waals surface area contributed by atoms with Gasteiger partial charge >= 0.3 is 0 Å². The largest absolute Gasteiger partial charge is 0.492 e. The van der Waals surface area contributed by atoms with E-state index in [1.807, 2.05) is 41.3 Å². The summed E-state index contributed by atoms with van der Waals surface area (Å²) in [6, 6.07) is 11.0. The van der Waals surface area contributed by atoms with Crippen LogP contribution in [0.4, 0.5) is 5.00 Å². The number of nitrogens with one attached hydrogen (secondary N) is 1. The predicted octanol–water partition coefficient (Wildman–Crippen LogP) is 3.59. The maximum atomic E-state index is 12.7. The molecule has 2 amide bonds. The lowest BCUT2D eigenvalue weighted by molar-refractivity contribution is -0.117. The maximum absolute atomic E-state index is 12.7. The molecule has 1 aliphatic carbocycles. The van der Waals surface area contributed by atoms with Gasteiger partial charge in [-0.1, -0.05) is 11.6 Å². The minimum atomic E-state index is 0.0407. The normalized spacial score (nSPS) is 17.2. The summed E-state index contributed by atoms with van der Waals surface area (Å²) in [6.45, 7) is 4.47. The van der Waals surface area contributed by atoms with Crippen LogP contribution in [0.25, 0.3) is 0 Å². The molecule has 4 rings (SSSR count). The molecule has 1 saturated carbocycles. The van der Waals surface area contributed by atoms with Crippen molar-refractivity contribution in [1.82, 2.24) is 9.80 Å². The fourth-order valence-corrected chi connectivity index (χ4v) is 4.25. The molecule has 1 aliphatic heterocycles. The Hall–Kier alpha value is -2.09. The van der Waals surface area contributed by atoms with Crippen LogP contribution in [0.5, 0.6) is 5.75 Å². The summed E-state index contributed by atoms with van der Waals surface area (Å²) < 4.78 is 5.75. The summed E-state index contributed by atoms with van der Waals surface area (Å²) in [4.78, 5) is 29.5. The number of ether oxygens (including phenoxy) is 1. The first-order chi connectivity index (χ1) is 14.1. The standard InChI is InChI=1S/C21H24ClN3O3S/c22-16-3-5-17(6-4-16)28-14-13-24-9-11-25(12-10-24)21(27)18-7-8-19(29-18)23-20(26)15-1-2-15/h3-8,15H,1-2,9-14H2,(H,23,26). The molecule has 2 aromatic rings. The topological polar surface area (TPSA) is 61.9 Å². The number of anilines is 1. The van der Waals surface area contributed by atoms with E-state index in [0.717, 1.165) is 43.2 Å². The Morgan fingerprint density at radius 3 is 2.48 bits per heavy atom. The van der Waals surface area contributed by atoms with Gasteiger partial charge in [0.15, 0.2) is 0 Å². The second-order valence-electron chi connectivity index (χ2n) is 7.36. The molecule has 0 spiro atoms. The fourth-order valence-electron chi connectivity index (χ4n) is 3.24. The highest BCUT2D eigenvalue weighted by Crippen LogP contribution is 2.32. The van der Waals surface area contributed by atoms with E-state index in [0.29, 0.717) is 29.6 Å². The molecule has 0 atom stereocenters. The Bertz CT molecular complexity index is 858. The number of piperazine rings is 1. The van der Waals surface area contributed by atoms with Crippen molar-refractivity contribution in [2.45, 2.75) is 12.8 Å². The smallest absolute Gasteiger partial charge is 0.264 e. The van der Waals surface area contributed by atoms with Gasteiger partial charge in [-0.15, -0.1) is 11.3 Å². The van der Waals surface area contributed by atoms with E-state index in [1.54, 1.807) is 0 Å². The molecular formula is C21H24ClN3O3S. The zero-order chi connectivity index (χ0) is 20.2. The first kappa shape index (κ1) is 20.2. The Labute approximate surface area is 179 Å². The lowest BCUT2D eigenvalue weighted by Crippen LogP contribution is -2.49. The summed E-state index contributed by atoms with van der Waals surface area (Å²) in [5, 5.41) is 4.36. The molecule has 2 aliphatic rings. The number of hydrogen-bond donors (Lipinski definition) is 1. The first-order valence-electron chi connectivity index (χ1n) is 9.89. The van der Waals surface area contributed by atoms with Crippen molar-refractivity contribution in [3.63, 3.8) is 0 Å². The van der Waals surface area contributed by atoms with Gasteiger partial charge in [0.1, 0.15) is 12.4 Å². The van der Waals surface area contributed by atoms with E-state index in [2.05, 4.69) is 10.2 Å². The molecule has 1 N–H and O–H groups in total. The van der Waals surface area contributed by atoms with Crippen molar-refractivity contribution in [1.29, 1.82) is 0 Å². The van der Waals surface area contributed by atoms with E-state index in [-0.39, 0.29) is 17.7 Å². The van der Waals surface area contributed by atoms with Gasteiger partial charge in [0, 0.05) is 43.7 Å². The van der Waals surface area contributed by atoms with E-state index < -0.39 is 0 Å². The van der Waals surface area contributed by atoms with Crippen molar-refractivity contribution in [2.75, 3.05) is 44.6 Å². The summed E-state index contributed by atoms with van der Waals surface area (Å²) >= 11 is 7.23. The molecule has 0 bridgehead atoms. The minimum Gasteiger partial charge on any atom is -0.492 e. The highest BCUT2D eigenvalue weighted by atomic mass is 35.5. The molecule has 2 fully saturated rings. The number of carbonyl (C=O) groups is 2. The van der Waals surface area contributed by atoms with E-state index >= 15 is 0 Å². The maximum Gasteiger partial charge on any atom is 0.264 e. The molecule has 8 heteroatoms. The SMILES string of the molecule is O=C(Nc1ccc(C(=O)N2CCN(CCOc3ccc(Cl)cc3)CC2)s1)C1CC1. The second kappa shape index (κ2) is 9.15. The van der Waals surface area contributed by atoms with Crippen molar-refractivity contribution in [3.8, 4) is 5.75 Å². The molecule has 0 unspecified atom stereocenters. The van der Waals surface area contributed by atoms with Gasteiger partial charge in [0.2, 0.25) is 5.91 Å². The highest BCUT2D eigenvalue weighted by Gasteiger charge is 2.30. The predicted molar refractivity (Wildman–Crippen MR) is 115 cm³/mol. The van der Waals surface area contributed by atoms with Crippen LogP contribution in [0, 0.1) is 5.92 Å². The van der Waals surface area contributed by atoms with Gasteiger partial charge in [-0.25, -0.2) is 0 Å². The van der Waals surface area contributed by atoms with Gasteiger partial charge in [0.25, 0.3) is 5.91 Å². The molecular weight excluding hydrogens is 410 g/mol. The number of benzene rings is 1. The van der Waals surface area contributed by atoms with Crippen LogP contribution in [0.3, 0.4) is 0 Å². The minimum absolute atomic E-state index is 0.0407. The van der Waals surface area contributed by atoms with Gasteiger partial charge in [0.05, 0.1) is 9.88 Å². The van der Waals surface area contributed by atoms with Crippen molar-refractivity contribution in [2.24, 2.45) is 5.92 Å². The summed E-state index contributed by atoms with van der Waals surface area (Å²) in [6.07, 6.45) is 1.94. The number of rotatable bonds is 7. The zero-order valence-electron chi connectivity index (χ0n) is 16.1. The van der Waals surface area contributed by atoms with Gasteiger partial charge in [-0.3, -0.25) is 14.5 Å². The third-order valence-corrected chi connectivity index (χ3v) is 6.40. The van der Waals surface area contributed by atoms with E-state index in [9.17, 15) is 9.59 Å². The molecule has 2 heterocycles. The van der Waals surface area contributed by atoms with Crippen molar-refractivity contribution < 1.29 is 14.3 Å². The highest BCUT2D eigenvalue weighted by molar-refractivity contribution is 7.18. The van der Waals surface area contributed by atoms with Gasteiger partial charge in [-0.05, 0) is 49.2 Å². The number of nitrogens with zero attached hydrogens (tertiary/aromatic N) is 2. The molecule has 154 valence electrons. The quantitative estimate of drug-likeness (QED) is 0.724. The third kappa shape index (κ3) is 5.50. The van der Waals surface area contributed by atoms with Crippen LogP contribution in [-0.4, -0.2) is 60.9 Å². The Balaban J connectivity index is 1.19. The summed E-state index contributed by atoms with van der Waals surface area (Å²) in [5.41, 5.74) is 0. The van der Waals surface area contributed by atoms with Crippen LogP contribution >= 0.6 is 22.9 Å².